The first-order valence-electron chi connectivity index (χ1n) is 35.9. The number of esters is 2. The first-order chi connectivity index (χ1) is 43.7. The first kappa shape index (κ1) is 78.0. The van der Waals surface area contributed by atoms with Crippen LogP contribution >= 0.6 is 37.9 Å². The summed E-state index contributed by atoms with van der Waals surface area (Å²) >= 11 is 3.61. The number of benzene rings is 4. The highest BCUT2D eigenvalue weighted by molar-refractivity contribution is 8.53. The summed E-state index contributed by atoms with van der Waals surface area (Å²) in [4.78, 5) is 24.6. The van der Waals surface area contributed by atoms with Crippen LogP contribution in [0.2, 0.25) is 0 Å². The molecule has 0 heterocycles. The number of ether oxygens (including phenoxy) is 2. The zero-order valence-corrected chi connectivity index (χ0v) is 60.2. The highest BCUT2D eigenvalue weighted by atomic mass is 32.7. The van der Waals surface area contributed by atoms with Crippen LogP contribution in [0.15, 0.2) is 97.1 Å². The lowest BCUT2D eigenvalue weighted by Gasteiger charge is -2.27. The molecule has 12 heteroatoms. The second-order valence-corrected chi connectivity index (χ2v) is 31.4. The number of carbonyl (C=O) groups is 2. The van der Waals surface area contributed by atoms with Gasteiger partial charge in [-0.2, -0.15) is 0 Å². The number of hydrogen-bond acceptors (Lipinski definition) is 10. The fraction of sp³-hybridized carbons (Fsp3) is 0.662. The summed E-state index contributed by atoms with van der Waals surface area (Å²) < 4.78 is 38.3. The van der Waals surface area contributed by atoms with Crippen LogP contribution in [0, 0.1) is 0 Å². The third kappa shape index (κ3) is 37.2. The molecule has 0 fully saturated rings. The SMILES string of the molecule is CCCCCCCCOC(=O)CCCCCCCCSP(Oc1ccc(C(C)(C)c2ccc(OP(Oc3ccccc3CCCCCCCC)SCCCCCCCCC(=O)OCCCCCCCC)cc2)cc1)Oc1ccccc1CCCCCCCC. The van der Waals surface area contributed by atoms with Gasteiger partial charge in [-0.3, -0.25) is 9.59 Å². The van der Waals surface area contributed by atoms with Crippen LogP contribution in [0.1, 0.15) is 308 Å². The van der Waals surface area contributed by atoms with Gasteiger partial charge in [-0.1, -0.05) is 282 Å². The number of unbranched alkanes of at least 4 members (excludes halogenated alkanes) is 30. The summed E-state index contributed by atoms with van der Waals surface area (Å²) in [5.74, 6) is 5.36. The molecule has 0 N–H and O–H groups in total. The predicted octanol–water partition coefficient (Wildman–Crippen LogP) is 25.9. The standard InChI is InChI=1S/C77H122O8P2S2/c1-7-11-15-19-27-35-47-67-49-39-41-51-73(67)84-86(88-65-45-33-25-23-29-37-53-75(78)80-63-43-31-21-17-13-9-3)82-71-59-55-69(56-60-71)77(5,6)70-57-61-72(62-58-70)83-87(85-74-52-42-40-50-68(74)48-36-28-20-16-12-8-2)89-66-46-34-26-24-30-38-54-76(79)81-64-44-32-22-18-14-10-4/h39-42,49-52,55-62H,7-38,43-48,53-54,63-66H2,1-6H3. The Balaban J connectivity index is 1.33. The van der Waals surface area contributed by atoms with E-state index in [1.165, 1.54) is 138 Å². The maximum atomic E-state index is 12.3. The van der Waals surface area contributed by atoms with E-state index >= 15 is 0 Å². The Kier molecular flexibility index (Phi) is 45.6. The molecule has 2 atom stereocenters. The van der Waals surface area contributed by atoms with Gasteiger partial charge in [0.2, 0.25) is 0 Å². The van der Waals surface area contributed by atoms with Gasteiger partial charge >= 0.3 is 27.1 Å². The lowest BCUT2D eigenvalue weighted by molar-refractivity contribution is -0.144. The summed E-state index contributed by atoms with van der Waals surface area (Å²) in [5.41, 5.74) is 4.65. The van der Waals surface area contributed by atoms with Gasteiger partial charge in [-0.25, -0.2) is 0 Å². The Morgan fingerprint density at radius 3 is 1.01 bits per heavy atom. The summed E-state index contributed by atoms with van der Waals surface area (Å²) in [5, 5.41) is 0. The summed E-state index contributed by atoms with van der Waals surface area (Å²) in [7, 11) is -2.62. The zero-order valence-electron chi connectivity index (χ0n) is 56.8. The minimum atomic E-state index is -1.31. The largest absolute Gasteiger partial charge is 0.466 e. The van der Waals surface area contributed by atoms with Gasteiger partial charge in [-0.15, -0.1) is 0 Å². The van der Waals surface area contributed by atoms with Crippen LogP contribution in [-0.2, 0) is 37.3 Å². The molecule has 4 rings (SSSR count). The molecule has 0 aromatic heterocycles. The Labute approximate surface area is 554 Å². The first-order valence-corrected chi connectivity index (χ1v) is 41.5. The molecule has 0 aliphatic rings. The van der Waals surface area contributed by atoms with Crippen molar-refractivity contribution in [3.63, 3.8) is 0 Å². The van der Waals surface area contributed by atoms with Gasteiger partial charge in [0.1, 0.15) is 23.0 Å². The Hall–Kier alpha value is -3.42. The number of aryl methyl sites for hydroxylation is 2. The van der Waals surface area contributed by atoms with Crippen LogP contribution in [0.4, 0.5) is 0 Å². The van der Waals surface area contributed by atoms with E-state index in [1.807, 2.05) is 0 Å². The summed E-state index contributed by atoms with van der Waals surface area (Å²) in [6.45, 7) is 14.7. The van der Waals surface area contributed by atoms with E-state index in [2.05, 4.69) is 139 Å². The zero-order chi connectivity index (χ0) is 63.5. The van der Waals surface area contributed by atoms with E-state index in [9.17, 15) is 9.59 Å². The monoisotopic (exact) mass is 1300 g/mol. The molecule has 4 aromatic rings. The lowest BCUT2D eigenvalue weighted by atomic mass is 9.78. The average molecular weight is 1300 g/mol. The molecule has 0 aliphatic carbocycles. The molecule has 0 saturated heterocycles. The molecule has 0 bridgehead atoms. The molecule has 2 unspecified atom stereocenters. The van der Waals surface area contributed by atoms with E-state index < -0.39 is 15.2 Å². The number of para-hydroxylation sites is 2. The van der Waals surface area contributed by atoms with Crippen LogP contribution in [0.3, 0.4) is 0 Å². The van der Waals surface area contributed by atoms with E-state index in [1.54, 1.807) is 22.8 Å². The molecule has 0 radical (unpaired) electrons. The second kappa shape index (κ2) is 52.0. The topological polar surface area (TPSA) is 89.5 Å². The maximum absolute atomic E-state index is 12.3. The van der Waals surface area contributed by atoms with Crippen LogP contribution in [-0.4, -0.2) is 36.7 Å². The molecule has 4 aromatic carbocycles. The molecule has 0 saturated carbocycles. The van der Waals surface area contributed by atoms with Crippen molar-refractivity contribution in [2.45, 2.75) is 304 Å². The highest BCUT2D eigenvalue weighted by Crippen LogP contribution is 2.54. The van der Waals surface area contributed by atoms with Gasteiger partial charge in [0.15, 0.2) is 0 Å². The van der Waals surface area contributed by atoms with Crippen molar-refractivity contribution in [3.8, 4) is 23.0 Å². The van der Waals surface area contributed by atoms with E-state index in [-0.39, 0.29) is 17.4 Å². The van der Waals surface area contributed by atoms with Crippen molar-refractivity contribution in [2.75, 3.05) is 24.7 Å². The fourth-order valence-corrected chi connectivity index (χ4v) is 16.8. The van der Waals surface area contributed by atoms with Crippen molar-refractivity contribution in [1.29, 1.82) is 0 Å². The number of hydrogen-bond donors (Lipinski definition) is 0. The Bertz CT molecular complexity index is 2190. The molecule has 89 heavy (non-hydrogen) atoms. The van der Waals surface area contributed by atoms with Crippen LogP contribution in [0.25, 0.3) is 0 Å². The van der Waals surface area contributed by atoms with Crippen molar-refractivity contribution in [2.24, 2.45) is 0 Å². The number of rotatable bonds is 58. The number of carbonyl (C=O) groups excluding carboxylic acids is 2. The molecular formula is C77H122O8P2S2. The van der Waals surface area contributed by atoms with Gasteiger partial charge < -0.3 is 27.6 Å². The van der Waals surface area contributed by atoms with Gasteiger partial charge in [0, 0.05) is 29.8 Å². The third-order valence-electron chi connectivity index (χ3n) is 16.9. The lowest BCUT2D eigenvalue weighted by Crippen LogP contribution is -2.18. The van der Waals surface area contributed by atoms with Crippen molar-refractivity contribution >= 4 is 49.9 Å². The quantitative estimate of drug-likeness (QED) is 0.0242. The van der Waals surface area contributed by atoms with Gasteiger partial charge in [0.25, 0.3) is 0 Å². The normalized spacial score (nSPS) is 12.2. The average Bonchev–Trinajstić information content (AvgIpc) is 2.52. The van der Waals surface area contributed by atoms with Gasteiger partial charge in [0.05, 0.1) is 13.2 Å². The van der Waals surface area contributed by atoms with Crippen molar-refractivity contribution in [3.05, 3.63) is 119 Å². The second-order valence-electron chi connectivity index (χ2n) is 25.1. The smallest absolute Gasteiger partial charge is 0.360 e. The molecule has 500 valence electrons. The molecule has 0 amide bonds. The minimum absolute atomic E-state index is 0.0366. The van der Waals surface area contributed by atoms with Crippen molar-refractivity contribution < 1.29 is 37.2 Å². The van der Waals surface area contributed by atoms with Crippen LogP contribution in [0.5, 0.6) is 23.0 Å². The third-order valence-corrected chi connectivity index (χ3v) is 22.9. The van der Waals surface area contributed by atoms with Gasteiger partial charge in [-0.05, 0) is 146 Å². The predicted molar refractivity (Wildman–Crippen MR) is 387 cm³/mol. The maximum Gasteiger partial charge on any atom is 0.360 e. The van der Waals surface area contributed by atoms with E-state index in [0.29, 0.717) is 26.1 Å². The molecular weight excluding hydrogens is 1180 g/mol. The fourth-order valence-electron chi connectivity index (χ4n) is 11.0. The molecule has 0 spiro atoms. The molecule has 8 nitrogen and oxygen atoms in total. The van der Waals surface area contributed by atoms with E-state index in [4.69, 9.17) is 27.6 Å². The van der Waals surface area contributed by atoms with Crippen molar-refractivity contribution in [1.82, 2.24) is 0 Å². The minimum Gasteiger partial charge on any atom is -0.466 e. The van der Waals surface area contributed by atoms with E-state index in [0.717, 1.165) is 163 Å². The Morgan fingerprint density at radius 1 is 0.348 bits per heavy atom. The summed E-state index contributed by atoms with van der Waals surface area (Å²) in [6.07, 6.45) is 45.7. The molecule has 0 aliphatic heterocycles. The summed E-state index contributed by atoms with van der Waals surface area (Å²) in [6, 6.07) is 34.4. The van der Waals surface area contributed by atoms with Crippen LogP contribution < -0.4 is 18.1 Å². The highest BCUT2D eigenvalue weighted by Gasteiger charge is 2.26. The Morgan fingerprint density at radius 2 is 0.652 bits per heavy atom.